The minimum Gasteiger partial charge on any atom is -0.497 e. The number of nitrogens with zero attached hydrogens (tertiary/aromatic N) is 2. The van der Waals surface area contributed by atoms with Gasteiger partial charge >= 0.3 is 0 Å². The van der Waals surface area contributed by atoms with Crippen LogP contribution in [0.4, 0.5) is 0 Å². The van der Waals surface area contributed by atoms with Gasteiger partial charge in [0.05, 0.1) is 19.3 Å². The van der Waals surface area contributed by atoms with Crippen LogP contribution in [0.15, 0.2) is 54.6 Å². The molecule has 7 heteroatoms. The molecule has 1 amide bonds. The van der Waals surface area contributed by atoms with E-state index in [0.717, 1.165) is 22.6 Å². The van der Waals surface area contributed by atoms with Crippen LogP contribution < -0.4 is 15.4 Å². The van der Waals surface area contributed by atoms with E-state index in [0.29, 0.717) is 23.8 Å². The molecule has 3 aromatic rings. The predicted molar refractivity (Wildman–Crippen MR) is 104 cm³/mol. The summed E-state index contributed by atoms with van der Waals surface area (Å²) in [6, 6.07) is 17.1. The van der Waals surface area contributed by atoms with E-state index in [1.807, 2.05) is 54.6 Å². The topological polar surface area (TPSA) is 68.2 Å². The summed E-state index contributed by atoms with van der Waals surface area (Å²) in [7, 11) is 1.63. The maximum absolute atomic E-state index is 12.3. The molecule has 0 aliphatic carbocycles. The van der Waals surface area contributed by atoms with E-state index in [-0.39, 0.29) is 12.1 Å². The lowest BCUT2D eigenvalue weighted by molar-refractivity contribution is 0.0900. The summed E-state index contributed by atoms with van der Waals surface area (Å²) in [5, 5.41) is 11.7. The molecule has 2 N–H and O–H groups in total. The highest BCUT2D eigenvalue weighted by atomic mass is 35.5. The maximum Gasteiger partial charge on any atom is 0.269 e. The number of benzene rings is 2. The molecule has 2 aromatic carbocycles. The van der Waals surface area contributed by atoms with Crippen LogP contribution in [0.3, 0.4) is 0 Å². The number of halogens is 1. The van der Waals surface area contributed by atoms with Crippen molar-refractivity contribution in [3.63, 3.8) is 0 Å². The second-order valence-corrected chi connectivity index (χ2v) is 6.76. The SMILES string of the molecule is COc1ccc(-c2cc3n(n2)[C@H](NCc2cccc(Cl)c2)CNC3=O)cc1. The first kappa shape index (κ1) is 17.6. The molecule has 0 bridgehead atoms. The fraction of sp³-hybridized carbons (Fsp3) is 0.200. The van der Waals surface area contributed by atoms with Gasteiger partial charge in [-0.1, -0.05) is 23.7 Å². The smallest absolute Gasteiger partial charge is 0.269 e. The normalized spacial score (nSPS) is 15.9. The van der Waals surface area contributed by atoms with Gasteiger partial charge in [-0.05, 0) is 48.0 Å². The third kappa shape index (κ3) is 3.67. The van der Waals surface area contributed by atoms with Gasteiger partial charge in [-0.15, -0.1) is 0 Å². The Morgan fingerprint density at radius 2 is 2.07 bits per heavy atom. The van der Waals surface area contributed by atoms with Gasteiger partial charge in [-0.25, -0.2) is 4.68 Å². The molecule has 0 spiro atoms. The van der Waals surface area contributed by atoms with Crippen LogP contribution in [0.25, 0.3) is 11.3 Å². The van der Waals surface area contributed by atoms with E-state index in [4.69, 9.17) is 16.3 Å². The molecular formula is C20H19ClN4O2. The van der Waals surface area contributed by atoms with E-state index in [9.17, 15) is 4.79 Å². The Hall–Kier alpha value is -2.83. The van der Waals surface area contributed by atoms with E-state index in [2.05, 4.69) is 15.7 Å². The number of nitrogens with one attached hydrogen (secondary N) is 2. The van der Waals surface area contributed by atoms with Crippen LogP contribution in [0.5, 0.6) is 5.75 Å². The van der Waals surface area contributed by atoms with Gasteiger partial charge in [0.15, 0.2) is 0 Å². The van der Waals surface area contributed by atoms with Crippen LogP contribution >= 0.6 is 11.6 Å². The summed E-state index contributed by atoms with van der Waals surface area (Å²) in [6.07, 6.45) is -0.135. The number of hydrogen-bond donors (Lipinski definition) is 2. The highest BCUT2D eigenvalue weighted by Gasteiger charge is 2.27. The molecule has 138 valence electrons. The summed E-state index contributed by atoms with van der Waals surface area (Å²) in [6.45, 7) is 1.09. The molecular weight excluding hydrogens is 364 g/mol. The van der Waals surface area contributed by atoms with Crippen molar-refractivity contribution < 1.29 is 9.53 Å². The lowest BCUT2D eigenvalue weighted by Crippen LogP contribution is -2.45. The molecule has 6 nitrogen and oxygen atoms in total. The van der Waals surface area contributed by atoms with E-state index >= 15 is 0 Å². The van der Waals surface area contributed by atoms with Crippen LogP contribution in [0.1, 0.15) is 22.2 Å². The van der Waals surface area contributed by atoms with Crippen LogP contribution in [-0.4, -0.2) is 29.3 Å². The molecule has 0 unspecified atom stereocenters. The summed E-state index contributed by atoms with van der Waals surface area (Å²) < 4.78 is 6.95. The van der Waals surface area contributed by atoms with Gasteiger partial charge in [0.1, 0.15) is 17.6 Å². The van der Waals surface area contributed by atoms with Crippen molar-refractivity contribution in [2.24, 2.45) is 0 Å². The molecule has 0 saturated carbocycles. The largest absolute Gasteiger partial charge is 0.497 e. The number of ether oxygens (including phenoxy) is 1. The highest BCUT2D eigenvalue weighted by molar-refractivity contribution is 6.30. The van der Waals surface area contributed by atoms with Crippen molar-refractivity contribution in [3.05, 3.63) is 70.9 Å². The molecule has 1 aliphatic rings. The number of carbonyl (C=O) groups is 1. The number of rotatable bonds is 5. The first-order valence-corrected chi connectivity index (χ1v) is 9.02. The number of hydrogen-bond acceptors (Lipinski definition) is 4. The van der Waals surface area contributed by atoms with Gasteiger partial charge in [0.25, 0.3) is 5.91 Å². The molecule has 27 heavy (non-hydrogen) atoms. The standard InChI is InChI=1S/C20H19ClN4O2/c1-27-16-7-5-14(6-8-16)17-10-18-20(26)23-12-19(25(18)24-17)22-11-13-3-2-4-15(21)9-13/h2-10,19,22H,11-12H2,1H3,(H,23,26)/t19-/m0/s1. The Bertz CT molecular complexity index is 968. The van der Waals surface area contributed by atoms with E-state index in [1.165, 1.54) is 0 Å². The van der Waals surface area contributed by atoms with E-state index in [1.54, 1.807) is 11.8 Å². The van der Waals surface area contributed by atoms with Crippen molar-refractivity contribution in [2.45, 2.75) is 12.7 Å². The molecule has 0 radical (unpaired) electrons. The zero-order chi connectivity index (χ0) is 18.8. The van der Waals surface area contributed by atoms with Gasteiger partial charge in [0, 0.05) is 17.1 Å². The number of methoxy groups -OCH3 is 1. The first-order chi connectivity index (χ1) is 13.1. The summed E-state index contributed by atoms with van der Waals surface area (Å²) in [4.78, 5) is 12.3. The number of carbonyl (C=O) groups excluding carboxylic acids is 1. The van der Waals surface area contributed by atoms with Crippen molar-refractivity contribution in [2.75, 3.05) is 13.7 Å². The van der Waals surface area contributed by atoms with Gasteiger partial charge in [0.2, 0.25) is 0 Å². The Labute approximate surface area is 162 Å². The maximum atomic E-state index is 12.3. The Morgan fingerprint density at radius 3 is 2.81 bits per heavy atom. The second-order valence-electron chi connectivity index (χ2n) is 6.32. The summed E-state index contributed by atoms with van der Waals surface area (Å²) >= 11 is 6.05. The quantitative estimate of drug-likeness (QED) is 0.710. The Balaban J connectivity index is 1.57. The Kier molecular flexibility index (Phi) is 4.83. The van der Waals surface area contributed by atoms with Crippen LogP contribution in [0, 0.1) is 0 Å². The molecule has 2 heterocycles. The lowest BCUT2D eigenvalue weighted by Gasteiger charge is -2.25. The van der Waals surface area contributed by atoms with Crippen LogP contribution in [-0.2, 0) is 6.54 Å². The minimum atomic E-state index is -0.135. The van der Waals surface area contributed by atoms with Gasteiger partial charge < -0.3 is 10.1 Å². The van der Waals surface area contributed by atoms with Gasteiger partial charge in [-0.2, -0.15) is 5.10 Å². The second kappa shape index (κ2) is 7.42. The van der Waals surface area contributed by atoms with E-state index < -0.39 is 0 Å². The van der Waals surface area contributed by atoms with Crippen molar-refractivity contribution >= 4 is 17.5 Å². The minimum absolute atomic E-state index is 0.122. The third-order valence-corrected chi connectivity index (χ3v) is 4.77. The molecule has 4 rings (SSSR count). The molecule has 0 fully saturated rings. The molecule has 1 aromatic heterocycles. The van der Waals surface area contributed by atoms with Gasteiger partial charge in [-0.3, -0.25) is 10.1 Å². The average molecular weight is 383 g/mol. The highest BCUT2D eigenvalue weighted by Crippen LogP contribution is 2.25. The monoisotopic (exact) mass is 382 g/mol. The molecule has 0 saturated heterocycles. The fourth-order valence-corrected chi connectivity index (χ4v) is 3.32. The average Bonchev–Trinajstić information content (AvgIpc) is 3.14. The van der Waals surface area contributed by atoms with Crippen molar-refractivity contribution in [1.82, 2.24) is 20.4 Å². The zero-order valence-corrected chi connectivity index (χ0v) is 15.5. The lowest BCUT2D eigenvalue weighted by atomic mass is 10.1. The summed E-state index contributed by atoms with van der Waals surface area (Å²) in [5.74, 6) is 0.657. The molecule has 1 atom stereocenters. The van der Waals surface area contributed by atoms with Crippen LogP contribution in [0.2, 0.25) is 5.02 Å². The first-order valence-electron chi connectivity index (χ1n) is 8.64. The third-order valence-electron chi connectivity index (χ3n) is 4.54. The predicted octanol–water partition coefficient (Wildman–Crippen LogP) is 3.24. The number of amides is 1. The van der Waals surface area contributed by atoms with Crippen molar-refractivity contribution in [1.29, 1.82) is 0 Å². The Morgan fingerprint density at radius 1 is 1.26 bits per heavy atom. The number of fused-ring (bicyclic) bond motifs is 1. The van der Waals surface area contributed by atoms with Crippen molar-refractivity contribution in [3.8, 4) is 17.0 Å². The molecule has 1 aliphatic heterocycles. The fourth-order valence-electron chi connectivity index (χ4n) is 3.11. The number of aromatic nitrogens is 2. The summed E-state index contributed by atoms with van der Waals surface area (Å²) in [5.41, 5.74) is 3.29. The zero-order valence-electron chi connectivity index (χ0n) is 14.8.